The maximum atomic E-state index is 9.06. The number of ether oxygens (including phenoxy) is 1. The van der Waals surface area contributed by atoms with E-state index in [0.29, 0.717) is 11.5 Å². The van der Waals surface area contributed by atoms with Crippen LogP contribution in [-0.4, -0.2) is 22.8 Å². The third-order valence-corrected chi connectivity index (χ3v) is 3.92. The van der Waals surface area contributed by atoms with E-state index in [9.17, 15) is 0 Å². The van der Waals surface area contributed by atoms with Gasteiger partial charge in [-0.3, -0.25) is 0 Å². The molecule has 1 fully saturated rings. The Balaban J connectivity index is 2.09. The maximum Gasteiger partial charge on any atom is 0.127 e. The zero-order valence-corrected chi connectivity index (χ0v) is 12.1. The van der Waals surface area contributed by atoms with Gasteiger partial charge in [-0.1, -0.05) is 0 Å². The molecular weight excluding hydrogens is 274 g/mol. The first-order valence-electron chi connectivity index (χ1n) is 6.81. The topological polar surface area (TPSA) is 50.8 Å². The fourth-order valence-electron chi connectivity index (χ4n) is 2.69. The lowest BCUT2D eigenvalue weighted by Crippen LogP contribution is -2.13. The second-order valence-electron chi connectivity index (χ2n) is 5.24. The summed E-state index contributed by atoms with van der Waals surface area (Å²) in [5, 5.41) is 8.91. The standard InChI is InChI=1S/C15H16ClN3O/c1-10(16)15-18-13-3-2-11(7-17)6-14(13)19(15)8-12-4-5-20-9-12/h2-3,6,10,12H,4-5,8-9H2,1H3. The largest absolute Gasteiger partial charge is 0.381 e. The van der Waals surface area contributed by atoms with Gasteiger partial charge in [-0.15, -0.1) is 11.6 Å². The summed E-state index contributed by atoms with van der Waals surface area (Å²) in [7, 11) is 0. The summed E-state index contributed by atoms with van der Waals surface area (Å²) in [6, 6.07) is 7.75. The molecule has 0 saturated carbocycles. The minimum atomic E-state index is -0.157. The maximum absolute atomic E-state index is 9.06. The molecule has 2 aromatic rings. The van der Waals surface area contributed by atoms with Gasteiger partial charge in [0.2, 0.25) is 0 Å². The van der Waals surface area contributed by atoms with Crippen molar-refractivity contribution in [1.29, 1.82) is 5.26 Å². The summed E-state index contributed by atoms with van der Waals surface area (Å²) in [6.07, 6.45) is 1.06. The molecule has 5 heteroatoms. The number of fused-ring (bicyclic) bond motifs is 1. The highest BCUT2D eigenvalue weighted by Gasteiger charge is 2.21. The van der Waals surface area contributed by atoms with Crippen LogP contribution in [0.15, 0.2) is 18.2 Å². The molecule has 1 aliphatic rings. The highest BCUT2D eigenvalue weighted by atomic mass is 35.5. The first-order chi connectivity index (χ1) is 9.69. The molecule has 3 rings (SSSR count). The van der Waals surface area contributed by atoms with Crippen molar-refractivity contribution in [1.82, 2.24) is 9.55 Å². The van der Waals surface area contributed by atoms with Gasteiger partial charge >= 0.3 is 0 Å². The van der Waals surface area contributed by atoms with Gasteiger partial charge in [0.1, 0.15) is 5.82 Å². The normalized spacial score (nSPS) is 20.1. The molecule has 20 heavy (non-hydrogen) atoms. The van der Waals surface area contributed by atoms with Crippen LogP contribution in [0.4, 0.5) is 0 Å². The summed E-state index contributed by atoms with van der Waals surface area (Å²) in [5.74, 6) is 1.36. The number of hydrogen-bond acceptors (Lipinski definition) is 3. The van der Waals surface area contributed by atoms with Gasteiger partial charge in [0, 0.05) is 19.1 Å². The molecule has 1 saturated heterocycles. The van der Waals surface area contributed by atoms with Crippen LogP contribution in [0.3, 0.4) is 0 Å². The number of hydrogen-bond donors (Lipinski definition) is 0. The van der Waals surface area contributed by atoms with E-state index in [1.54, 1.807) is 6.07 Å². The van der Waals surface area contributed by atoms with E-state index >= 15 is 0 Å². The molecule has 0 N–H and O–H groups in total. The summed E-state index contributed by atoms with van der Waals surface area (Å²) in [5.41, 5.74) is 2.53. The van der Waals surface area contributed by atoms with Gasteiger partial charge in [0.25, 0.3) is 0 Å². The lowest BCUT2D eigenvalue weighted by Gasteiger charge is -2.14. The Bertz CT molecular complexity index is 666. The lowest BCUT2D eigenvalue weighted by atomic mass is 10.1. The van der Waals surface area contributed by atoms with Crippen LogP contribution in [0.25, 0.3) is 11.0 Å². The number of imidazole rings is 1. The number of nitriles is 1. The Labute approximate surface area is 122 Å². The van der Waals surface area contributed by atoms with Crippen LogP contribution < -0.4 is 0 Å². The van der Waals surface area contributed by atoms with Crippen molar-refractivity contribution in [2.75, 3.05) is 13.2 Å². The third-order valence-electron chi connectivity index (χ3n) is 3.73. The molecule has 0 radical (unpaired) electrons. The highest BCUT2D eigenvalue weighted by molar-refractivity contribution is 6.20. The molecule has 1 aromatic carbocycles. The molecule has 0 spiro atoms. The molecule has 1 aromatic heterocycles. The molecule has 0 bridgehead atoms. The number of rotatable bonds is 3. The first-order valence-corrected chi connectivity index (χ1v) is 7.25. The fraction of sp³-hybridized carbons (Fsp3) is 0.467. The number of aromatic nitrogens is 2. The van der Waals surface area contributed by atoms with Crippen molar-refractivity contribution in [2.24, 2.45) is 5.92 Å². The first kappa shape index (κ1) is 13.4. The second kappa shape index (κ2) is 5.43. The van der Waals surface area contributed by atoms with Gasteiger partial charge in [0.15, 0.2) is 0 Å². The minimum Gasteiger partial charge on any atom is -0.381 e. The van der Waals surface area contributed by atoms with E-state index in [2.05, 4.69) is 15.6 Å². The number of alkyl halides is 1. The molecule has 1 aliphatic heterocycles. The Hall–Kier alpha value is -1.57. The van der Waals surface area contributed by atoms with Crippen LogP contribution in [0.5, 0.6) is 0 Å². The van der Waals surface area contributed by atoms with Crippen molar-refractivity contribution in [3.8, 4) is 6.07 Å². The van der Waals surface area contributed by atoms with E-state index in [4.69, 9.17) is 21.6 Å². The lowest BCUT2D eigenvalue weighted by molar-refractivity contribution is 0.182. The van der Waals surface area contributed by atoms with Crippen LogP contribution in [0, 0.1) is 17.2 Å². The van der Waals surface area contributed by atoms with E-state index in [-0.39, 0.29) is 5.38 Å². The van der Waals surface area contributed by atoms with Crippen LogP contribution >= 0.6 is 11.6 Å². The third kappa shape index (κ3) is 2.39. The smallest absolute Gasteiger partial charge is 0.127 e. The molecular formula is C15H16ClN3O. The van der Waals surface area contributed by atoms with E-state index < -0.39 is 0 Å². The molecule has 2 heterocycles. The van der Waals surface area contributed by atoms with Gasteiger partial charge in [0.05, 0.1) is 34.7 Å². The molecule has 2 unspecified atom stereocenters. The molecule has 0 amide bonds. The summed E-state index contributed by atoms with van der Waals surface area (Å²) in [4.78, 5) is 4.61. The predicted octanol–water partition coefficient (Wildman–Crippen LogP) is 3.24. The SMILES string of the molecule is CC(Cl)c1nc2ccc(C#N)cc2n1CC1CCOC1. The minimum absolute atomic E-state index is 0.157. The Morgan fingerprint density at radius 3 is 3.10 bits per heavy atom. The van der Waals surface area contributed by atoms with Crippen LogP contribution in [0.1, 0.15) is 30.1 Å². The summed E-state index contributed by atoms with van der Waals surface area (Å²) < 4.78 is 7.59. The van der Waals surface area contributed by atoms with Gasteiger partial charge in [-0.05, 0) is 31.5 Å². The van der Waals surface area contributed by atoms with Gasteiger partial charge in [-0.25, -0.2) is 4.98 Å². The number of nitrogens with zero attached hydrogens (tertiary/aromatic N) is 3. The van der Waals surface area contributed by atoms with Crippen LogP contribution in [0.2, 0.25) is 0 Å². The zero-order chi connectivity index (χ0) is 14.1. The van der Waals surface area contributed by atoms with Gasteiger partial charge < -0.3 is 9.30 Å². The van der Waals surface area contributed by atoms with E-state index in [0.717, 1.165) is 43.0 Å². The Morgan fingerprint density at radius 1 is 1.60 bits per heavy atom. The fourth-order valence-corrected chi connectivity index (χ4v) is 2.86. The molecule has 0 aliphatic carbocycles. The van der Waals surface area contributed by atoms with Crippen molar-refractivity contribution >= 4 is 22.6 Å². The average molecular weight is 290 g/mol. The summed E-state index contributed by atoms with van der Waals surface area (Å²) >= 11 is 6.26. The Morgan fingerprint density at radius 2 is 2.45 bits per heavy atom. The quantitative estimate of drug-likeness (QED) is 0.815. The van der Waals surface area contributed by atoms with Crippen molar-refractivity contribution < 1.29 is 4.74 Å². The van der Waals surface area contributed by atoms with Gasteiger partial charge in [-0.2, -0.15) is 5.26 Å². The van der Waals surface area contributed by atoms with E-state index in [1.807, 2.05) is 19.1 Å². The predicted molar refractivity (Wildman–Crippen MR) is 77.6 cm³/mol. The zero-order valence-electron chi connectivity index (χ0n) is 11.3. The van der Waals surface area contributed by atoms with E-state index in [1.165, 1.54) is 0 Å². The van der Waals surface area contributed by atoms with Crippen molar-refractivity contribution in [3.63, 3.8) is 0 Å². The van der Waals surface area contributed by atoms with Crippen LogP contribution in [-0.2, 0) is 11.3 Å². The molecule has 2 atom stereocenters. The second-order valence-corrected chi connectivity index (χ2v) is 5.90. The monoisotopic (exact) mass is 289 g/mol. The molecule has 4 nitrogen and oxygen atoms in total. The van der Waals surface area contributed by atoms with Crippen molar-refractivity contribution in [2.45, 2.75) is 25.3 Å². The highest BCUT2D eigenvalue weighted by Crippen LogP contribution is 2.27. The van der Waals surface area contributed by atoms with Crippen molar-refractivity contribution in [3.05, 3.63) is 29.6 Å². The summed E-state index contributed by atoms with van der Waals surface area (Å²) in [6.45, 7) is 4.38. The average Bonchev–Trinajstić information content (AvgIpc) is 3.07. The molecule has 104 valence electrons. The number of halogens is 1. The Kier molecular flexibility index (Phi) is 3.64. The number of benzene rings is 1.